The number of carbonyl (C=O) groups excluding carboxylic acids is 1. The molecule has 96 valence electrons. The third kappa shape index (κ3) is 6.66. The summed E-state index contributed by atoms with van der Waals surface area (Å²) in [7, 11) is 1.74. The minimum atomic E-state index is -4.33. The quantitative estimate of drug-likeness (QED) is 0.718. The van der Waals surface area contributed by atoms with Gasteiger partial charge in [0, 0.05) is 12.5 Å². The highest BCUT2D eigenvalue weighted by Crippen LogP contribution is 2.18. The summed E-state index contributed by atoms with van der Waals surface area (Å²) in [5.41, 5.74) is 0. The Bertz CT molecular complexity index is 217. The fourth-order valence-electron chi connectivity index (χ4n) is 1.31. The van der Waals surface area contributed by atoms with Crippen LogP contribution in [0.5, 0.6) is 0 Å². The second kappa shape index (κ2) is 6.73. The van der Waals surface area contributed by atoms with Crippen LogP contribution in [0.15, 0.2) is 0 Å². The number of hydrogen-bond acceptors (Lipinski definition) is 2. The molecule has 0 aromatic carbocycles. The van der Waals surface area contributed by atoms with Gasteiger partial charge in [-0.25, -0.2) is 0 Å². The van der Waals surface area contributed by atoms with E-state index in [1.54, 1.807) is 20.9 Å². The van der Waals surface area contributed by atoms with Gasteiger partial charge in [-0.2, -0.15) is 13.2 Å². The highest BCUT2D eigenvalue weighted by molar-refractivity contribution is 5.76. The average molecular weight is 240 g/mol. The third-order valence-corrected chi connectivity index (χ3v) is 2.11. The number of carbonyl (C=O) groups is 1. The van der Waals surface area contributed by atoms with Gasteiger partial charge >= 0.3 is 6.18 Å². The van der Waals surface area contributed by atoms with E-state index >= 15 is 0 Å². The van der Waals surface area contributed by atoms with Crippen molar-refractivity contribution >= 4 is 5.91 Å². The summed E-state index contributed by atoms with van der Waals surface area (Å²) >= 11 is 0. The van der Waals surface area contributed by atoms with Gasteiger partial charge in [-0.15, -0.1) is 0 Å². The lowest BCUT2D eigenvalue weighted by atomic mass is 10.2. The molecule has 3 nitrogen and oxygen atoms in total. The molecule has 0 bridgehead atoms. The Hall–Kier alpha value is -0.780. The molecule has 0 aliphatic carbocycles. The summed E-state index contributed by atoms with van der Waals surface area (Å²) < 4.78 is 36.6. The lowest BCUT2D eigenvalue weighted by Gasteiger charge is -2.27. The van der Waals surface area contributed by atoms with Gasteiger partial charge in [0.1, 0.15) is 6.54 Å². The monoisotopic (exact) mass is 240 g/mol. The summed E-state index contributed by atoms with van der Waals surface area (Å²) in [6.07, 6.45) is -3.63. The predicted molar refractivity (Wildman–Crippen MR) is 56.1 cm³/mol. The van der Waals surface area contributed by atoms with E-state index in [9.17, 15) is 18.0 Å². The van der Waals surface area contributed by atoms with Gasteiger partial charge in [-0.3, -0.25) is 4.79 Å². The second-order valence-electron chi connectivity index (χ2n) is 3.94. The van der Waals surface area contributed by atoms with Crippen LogP contribution < -0.4 is 5.32 Å². The van der Waals surface area contributed by atoms with E-state index in [-0.39, 0.29) is 6.42 Å². The van der Waals surface area contributed by atoms with Crippen LogP contribution in [0.4, 0.5) is 13.2 Å². The van der Waals surface area contributed by atoms with E-state index in [2.05, 4.69) is 5.32 Å². The van der Waals surface area contributed by atoms with E-state index in [0.29, 0.717) is 13.0 Å². The van der Waals surface area contributed by atoms with Crippen LogP contribution in [0.3, 0.4) is 0 Å². The van der Waals surface area contributed by atoms with E-state index in [0.717, 1.165) is 4.90 Å². The van der Waals surface area contributed by atoms with Crippen molar-refractivity contribution in [1.82, 2.24) is 10.2 Å². The first kappa shape index (κ1) is 15.2. The van der Waals surface area contributed by atoms with Gasteiger partial charge in [0.2, 0.25) is 5.91 Å². The molecule has 0 aromatic rings. The highest BCUT2D eigenvalue weighted by atomic mass is 19.4. The van der Waals surface area contributed by atoms with Crippen molar-refractivity contribution in [2.24, 2.45) is 0 Å². The molecular weight excluding hydrogens is 221 g/mol. The molecule has 0 saturated carbocycles. The summed E-state index contributed by atoms with van der Waals surface area (Å²) in [4.78, 5) is 12.4. The van der Waals surface area contributed by atoms with Gasteiger partial charge in [0.25, 0.3) is 0 Å². The fraction of sp³-hybridized carbons (Fsp3) is 0.900. The minimum absolute atomic E-state index is 0.148. The SMILES string of the molecule is CNCCCC(=O)N(CC(F)(F)F)C(C)C. The molecular formula is C10H19F3N2O. The first-order valence-electron chi connectivity index (χ1n) is 5.28. The number of halogens is 3. The summed E-state index contributed by atoms with van der Waals surface area (Å²) in [5, 5.41) is 2.85. The van der Waals surface area contributed by atoms with Gasteiger partial charge in [-0.05, 0) is 33.9 Å². The van der Waals surface area contributed by atoms with Crippen LogP contribution >= 0.6 is 0 Å². The zero-order valence-corrected chi connectivity index (χ0v) is 9.90. The van der Waals surface area contributed by atoms with E-state index < -0.39 is 24.7 Å². The van der Waals surface area contributed by atoms with Crippen LogP contribution in [0.25, 0.3) is 0 Å². The molecule has 0 radical (unpaired) electrons. The van der Waals surface area contributed by atoms with Crippen molar-refractivity contribution in [1.29, 1.82) is 0 Å². The topological polar surface area (TPSA) is 32.3 Å². The Morgan fingerprint density at radius 2 is 1.94 bits per heavy atom. The predicted octanol–water partition coefficient (Wildman–Crippen LogP) is 1.79. The normalized spacial score (nSPS) is 11.9. The molecule has 1 amide bonds. The molecule has 1 N–H and O–H groups in total. The maximum absolute atomic E-state index is 12.2. The van der Waals surface area contributed by atoms with E-state index in [1.807, 2.05) is 0 Å². The number of alkyl halides is 3. The van der Waals surface area contributed by atoms with Crippen molar-refractivity contribution < 1.29 is 18.0 Å². The molecule has 0 spiro atoms. The van der Waals surface area contributed by atoms with Crippen LogP contribution in [0.2, 0.25) is 0 Å². The first-order chi connectivity index (χ1) is 7.28. The maximum Gasteiger partial charge on any atom is 0.406 e. The zero-order chi connectivity index (χ0) is 12.8. The Morgan fingerprint density at radius 1 is 1.38 bits per heavy atom. The smallest absolute Gasteiger partial charge is 0.331 e. The standard InChI is InChI=1S/C10H19F3N2O/c1-8(2)15(7-10(11,12)13)9(16)5-4-6-14-3/h8,14H,4-7H2,1-3H3. The molecule has 0 aliphatic rings. The lowest BCUT2D eigenvalue weighted by Crippen LogP contribution is -2.43. The Kier molecular flexibility index (Phi) is 6.40. The number of hydrogen-bond donors (Lipinski definition) is 1. The number of nitrogens with one attached hydrogen (secondary N) is 1. The molecule has 0 aromatic heterocycles. The maximum atomic E-state index is 12.2. The van der Waals surface area contributed by atoms with Gasteiger partial charge in [-0.1, -0.05) is 0 Å². The molecule has 16 heavy (non-hydrogen) atoms. The fourth-order valence-corrected chi connectivity index (χ4v) is 1.31. The summed E-state index contributed by atoms with van der Waals surface area (Å²) in [6.45, 7) is 2.64. The highest BCUT2D eigenvalue weighted by Gasteiger charge is 2.33. The number of rotatable bonds is 6. The molecule has 6 heteroatoms. The van der Waals surface area contributed by atoms with Crippen LogP contribution in [-0.2, 0) is 4.79 Å². The van der Waals surface area contributed by atoms with Crippen molar-refractivity contribution in [2.45, 2.75) is 38.9 Å². The largest absolute Gasteiger partial charge is 0.406 e. The van der Waals surface area contributed by atoms with Crippen LogP contribution in [-0.4, -0.2) is 43.2 Å². The van der Waals surface area contributed by atoms with Crippen LogP contribution in [0, 0.1) is 0 Å². The molecule has 0 heterocycles. The Labute approximate surface area is 94.0 Å². The van der Waals surface area contributed by atoms with Crippen molar-refractivity contribution in [3.05, 3.63) is 0 Å². The molecule has 0 saturated heterocycles. The Morgan fingerprint density at radius 3 is 2.31 bits per heavy atom. The van der Waals surface area contributed by atoms with E-state index in [4.69, 9.17) is 0 Å². The average Bonchev–Trinajstić information content (AvgIpc) is 2.12. The molecule has 0 rings (SSSR count). The van der Waals surface area contributed by atoms with Gasteiger partial charge in [0.15, 0.2) is 0 Å². The molecule has 0 aliphatic heterocycles. The van der Waals surface area contributed by atoms with Gasteiger partial charge in [0.05, 0.1) is 0 Å². The second-order valence-corrected chi connectivity index (χ2v) is 3.94. The lowest BCUT2D eigenvalue weighted by molar-refractivity contribution is -0.164. The third-order valence-electron chi connectivity index (χ3n) is 2.11. The van der Waals surface area contributed by atoms with Gasteiger partial charge < -0.3 is 10.2 Å². The summed E-state index contributed by atoms with van der Waals surface area (Å²) in [5.74, 6) is -0.442. The van der Waals surface area contributed by atoms with Crippen molar-refractivity contribution in [2.75, 3.05) is 20.1 Å². The number of amides is 1. The van der Waals surface area contributed by atoms with Crippen LogP contribution in [0.1, 0.15) is 26.7 Å². The minimum Gasteiger partial charge on any atom is -0.331 e. The van der Waals surface area contributed by atoms with Crippen molar-refractivity contribution in [3.63, 3.8) is 0 Å². The Balaban J connectivity index is 4.25. The van der Waals surface area contributed by atoms with Crippen molar-refractivity contribution in [3.8, 4) is 0 Å². The first-order valence-corrected chi connectivity index (χ1v) is 5.28. The molecule has 0 unspecified atom stereocenters. The molecule has 0 fully saturated rings. The summed E-state index contributed by atoms with van der Waals surface area (Å²) in [6, 6.07) is -0.427. The van der Waals surface area contributed by atoms with E-state index in [1.165, 1.54) is 0 Å². The zero-order valence-electron chi connectivity index (χ0n) is 9.90. The molecule has 0 atom stereocenters. The number of nitrogens with zero attached hydrogens (tertiary/aromatic N) is 1.